The number of ketones is 1. The van der Waals surface area contributed by atoms with Gasteiger partial charge in [-0.05, 0) is 7.05 Å². The lowest BCUT2D eigenvalue weighted by Gasteiger charge is -2.42. The van der Waals surface area contributed by atoms with Gasteiger partial charge >= 0.3 is 0 Å². The Morgan fingerprint density at radius 1 is 1.25 bits per heavy atom. The largest absolute Gasteiger partial charge is 0.369 e. The van der Waals surface area contributed by atoms with Gasteiger partial charge in [0.25, 0.3) is 0 Å². The van der Waals surface area contributed by atoms with Crippen molar-refractivity contribution in [1.29, 1.82) is 0 Å². The fraction of sp³-hybridized carbons (Fsp3) is 0.429. The van der Waals surface area contributed by atoms with Crippen molar-refractivity contribution in [2.24, 2.45) is 17.4 Å². The lowest BCUT2D eigenvalue weighted by molar-refractivity contribution is -0.154. The molecule has 2 atom stereocenters. The van der Waals surface area contributed by atoms with Crippen LogP contribution in [0.25, 0.3) is 0 Å². The molecule has 1 aromatic carbocycles. The Morgan fingerprint density at radius 3 is 2.10 bits per heavy atom. The molecule has 0 bridgehead atoms. The first-order valence-electron chi connectivity index (χ1n) is 6.31. The van der Waals surface area contributed by atoms with Crippen LogP contribution in [0.15, 0.2) is 30.3 Å². The Hall–Kier alpha value is -1.76. The summed E-state index contributed by atoms with van der Waals surface area (Å²) in [5.41, 5.74) is 7.20. The Bertz CT molecular complexity index is 500. The lowest BCUT2D eigenvalue weighted by Crippen LogP contribution is -2.75. The number of likely N-dealkylation sites (N-methyl/N-ethyl adjacent to an activating group) is 1. The molecule has 6 heteroatoms. The molecule has 110 valence electrons. The molecule has 0 radical (unpaired) electrons. The Labute approximate surface area is 118 Å². The number of nitrogens with one attached hydrogen (secondary N) is 1. The zero-order chi connectivity index (χ0) is 15.6. The molecule has 1 rings (SSSR count). The fourth-order valence-electron chi connectivity index (χ4n) is 2.28. The van der Waals surface area contributed by atoms with Crippen molar-refractivity contribution in [2.45, 2.75) is 25.1 Å². The second-order valence-corrected chi connectivity index (χ2v) is 5.02. The van der Waals surface area contributed by atoms with Crippen molar-refractivity contribution >= 4 is 11.7 Å². The highest BCUT2D eigenvalue weighted by molar-refractivity contribution is 6.12. The van der Waals surface area contributed by atoms with Crippen molar-refractivity contribution in [3.63, 3.8) is 0 Å². The zero-order valence-electron chi connectivity index (χ0n) is 11.9. The summed E-state index contributed by atoms with van der Waals surface area (Å²) in [5, 5.41) is 13.2. The Morgan fingerprint density at radius 2 is 1.75 bits per heavy atom. The molecule has 0 saturated heterocycles. The highest BCUT2D eigenvalue weighted by Gasteiger charge is 2.58. The van der Waals surface area contributed by atoms with Gasteiger partial charge in [0.1, 0.15) is 0 Å². The van der Waals surface area contributed by atoms with Gasteiger partial charge in [-0.2, -0.15) is 0 Å². The van der Waals surface area contributed by atoms with E-state index in [2.05, 4.69) is 5.32 Å². The van der Waals surface area contributed by atoms with Crippen molar-refractivity contribution in [3.05, 3.63) is 35.9 Å². The Balaban J connectivity index is 3.52. The molecule has 0 fully saturated rings. The van der Waals surface area contributed by atoms with Crippen LogP contribution in [-0.4, -0.2) is 29.4 Å². The van der Waals surface area contributed by atoms with Gasteiger partial charge in [0.05, 0.1) is 0 Å². The number of nitrogens with two attached hydrogens (primary N) is 2. The van der Waals surface area contributed by atoms with Crippen molar-refractivity contribution < 1.29 is 14.7 Å². The molecular formula is C14H21N3O3. The first-order chi connectivity index (χ1) is 9.21. The SMILES string of the molecule is CNC(C(N)=O)(C(=O)C(C)C)C(N)(O)c1ccccc1. The van der Waals surface area contributed by atoms with Crippen LogP contribution in [0.2, 0.25) is 0 Å². The molecule has 0 aliphatic carbocycles. The summed E-state index contributed by atoms with van der Waals surface area (Å²) in [7, 11) is 1.37. The van der Waals surface area contributed by atoms with Gasteiger partial charge < -0.3 is 10.8 Å². The minimum Gasteiger partial charge on any atom is -0.369 e. The number of aliphatic hydroxyl groups is 1. The number of rotatable bonds is 6. The van der Waals surface area contributed by atoms with E-state index in [1.807, 2.05) is 0 Å². The van der Waals surface area contributed by atoms with Crippen LogP contribution in [0.3, 0.4) is 0 Å². The number of hydrogen-bond acceptors (Lipinski definition) is 5. The third-order valence-corrected chi connectivity index (χ3v) is 3.42. The molecule has 0 aliphatic rings. The van der Waals surface area contributed by atoms with E-state index in [1.54, 1.807) is 32.0 Å². The molecule has 0 spiro atoms. The third kappa shape index (κ3) is 2.33. The van der Waals surface area contributed by atoms with Gasteiger partial charge in [-0.1, -0.05) is 44.2 Å². The summed E-state index contributed by atoms with van der Waals surface area (Å²) < 4.78 is 0. The first kappa shape index (κ1) is 16.3. The molecule has 0 aliphatic heterocycles. The number of primary amides is 1. The highest BCUT2D eigenvalue weighted by atomic mass is 16.3. The predicted molar refractivity (Wildman–Crippen MR) is 75.4 cm³/mol. The fourth-order valence-corrected chi connectivity index (χ4v) is 2.28. The molecule has 0 aromatic heterocycles. The maximum absolute atomic E-state index is 12.5. The van der Waals surface area contributed by atoms with Crippen LogP contribution >= 0.6 is 0 Å². The monoisotopic (exact) mass is 279 g/mol. The van der Waals surface area contributed by atoms with Gasteiger partial charge in [-0.3, -0.25) is 20.6 Å². The summed E-state index contributed by atoms with van der Waals surface area (Å²) in [6.45, 7) is 3.22. The van der Waals surface area contributed by atoms with E-state index in [1.165, 1.54) is 19.2 Å². The molecule has 0 heterocycles. The molecular weight excluding hydrogens is 258 g/mol. The van der Waals surface area contributed by atoms with Gasteiger partial charge in [0.2, 0.25) is 11.4 Å². The van der Waals surface area contributed by atoms with Crippen LogP contribution in [-0.2, 0) is 15.3 Å². The molecule has 20 heavy (non-hydrogen) atoms. The van der Waals surface area contributed by atoms with Gasteiger partial charge in [0.15, 0.2) is 11.5 Å². The summed E-state index contributed by atoms with van der Waals surface area (Å²) in [6.07, 6.45) is 0. The van der Waals surface area contributed by atoms with Crippen LogP contribution in [0.4, 0.5) is 0 Å². The first-order valence-corrected chi connectivity index (χ1v) is 6.31. The summed E-state index contributed by atoms with van der Waals surface area (Å²) in [6, 6.07) is 8.09. The number of hydrogen-bond donors (Lipinski definition) is 4. The van der Waals surface area contributed by atoms with Gasteiger partial charge in [0, 0.05) is 11.5 Å². The van der Waals surface area contributed by atoms with E-state index in [0.29, 0.717) is 0 Å². The van der Waals surface area contributed by atoms with Crippen LogP contribution in [0.1, 0.15) is 19.4 Å². The third-order valence-electron chi connectivity index (χ3n) is 3.42. The number of carbonyl (C=O) groups is 2. The molecule has 0 saturated carbocycles. The van der Waals surface area contributed by atoms with E-state index in [0.717, 1.165) is 0 Å². The summed E-state index contributed by atoms with van der Waals surface area (Å²) >= 11 is 0. The van der Waals surface area contributed by atoms with E-state index in [4.69, 9.17) is 11.5 Å². The molecule has 6 nitrogen and oxygen atoms in total. The summed E-state index contributed by atoms with van der Waals surface area (Å²) in [4.78, 5) is 24.4. The van der Waals surface area contributed by atoms with Gasteiger partial charge in [-0.25, -0.2) is 0 Å². The number of Topliss-reactive ketones (excluding diaryl/α,β-unsaturated/α-hetero) is 1. The van der Waals surface area contributed by atoms with Crippen LogP contribution < -0.4 is 16.8 Å². The van der Waals surface area contributed by atoms with E-state index in [9.17, 15) is 14.7 Å². The van der Waals surface area contributed by atoms with Gasteiger partial charge in [-0.15, -0.1) is 0 Å². The maximum atomic E-state index is 12.5. The molecule has 1 amide bonds. The second-order valence-electron chi connectivity index (χ2n) is 5.02. The Kier molecular flexibility index (Phi) is 4.65. The van der Waals surface area contributed by atoms with E-state index in [-0.39, 0.29) is 5.56 Å². The number of benzene rings is 1. The van der Waals surface area contributed by atoms with Crippen molar-refractivity contribution in [1.82, 2.24) is 5.32 Å². The quantitative estimate of drug-likeness (QED) is 0.412. The van der Waals surface area contributed by atoms with E-state index >= 15 is 0 Å². The standard InChI is InChI=1S/C14H21N3O3/c1-9(2)11(18)13(17-3,12(15)19)14(16,20)10-7-5-4-6-8-10/h4-9,17,20H,16H2,1-3H3,(H2,15,19). The minimum absolute atomic E-state index is 0.224. The topological polar surface area (TPSA) is 118 Å². The maximum Gasteiger partial charge on any atom is 0.250 e. The second kappa shape index (κ2) is 5.70. The average Bonchev–Trinajstić information content (AvgIpc) is 2.40. The molecule has 1 aromatic rings. The predicted octanol–water partition coefficient (Wildman–Crippen LogP) is -0.541. The highest BCUT2D eigenvalue weighted by Crippen LogP contribution is 2.31. The lowest BCUT2D eigenvalue weighted by atomic mass is 9.74. The molecule has 6 N–H and O–H groups in total. The normalized spacial score (nSPS) is 17.3. The average molecular weight is 279 g/mol. The zero-order valence-corrected chi connectivity index (χ0v) is 11.9. The van der Waals surface area contributed by atoms with Crippen LogP contribution in [0.5, 0.6) is 0 Å². The van der Waals surface area contributed by atoms with Crippen molar-refractivity contribution in [2.75, 3.05) is 7.05 Å². The number of amides is 1. The smallest absolute Gasteiger partial charge is 0.250 e. The minimum atomic E-state index is -2.25. The summed E-state index contributed by atoms with van der Waals surface area (Å²) in [5.74, 6) is -2.12. The van der Waals surface area contributed by atoms with Crippen molar-refractivity contribution in [3.8, 4) is 0 Å². The molecule has 2 unspecified atom stereocenters. The van der Waals surface area contributed by atoms with Crippen LogP contribution in [0, 0.1) is 5.92 Å². The number of carbonyl (C=O) groups excluding carboxylic acids is 2. The van der Waals surface area contributed by atoms with E-state index < -0.39 is 28.9 Å².